The lowest BCUT2D eigenvalue weighted by atomic mass is 10.0. The van der Waals surface area contributed by atoms with Gasteiger partial charge in [0.15, 0.2) is 0 Å². The lowest BCUT2D eigenvalue weighted by Crippen LogP contribution is -2.17. The molecule has 0 heterocycles. The first kappa shape index (κ1) is 15.2. The molecule has 2 N–H and O–H groups in total. The van der Waals surface area contributed by atoms with Gasteiger partial charge < -0.3 is 10.4 Å². The number of halogens is 2. The summed E-state index contributed by atoms with van der Waals surface area (Å²) in [6.45, 7) is 1.74. The van der Waals surface area contributed by atoms with E-state index in [0.29, 0.717) is 5.69 Å². The maximum absolute atomic E-state index is 11.7. The molecule has 0 saturated carbocycles. The third-order valence-corrected chi connectivity index (χ3v) is 3.44. The Bertz CT molecular complexity index is 463. The van der Waals surface area contributed by atoms with Gasteiger partial charge in [-0.1, -0.05) is 22.9 Å². The van der Waals surface area contributed by atoms with Gasteiger partial charge in [0, 0.05) is 21.8 Å². The Labute approximate surface area is 122 Å². The summed E-state index contributed by atoms with van der Waals surface area (Å²) in [5, 5.41) is 11.4. The second kappa shape index (κ2) is 6.89. The van der Waals surface area contributed by atoms with Gasteiger partial charge in [-0.3, -0.25) is 9.59 Å². The average molecular weight is 379 g/mol. The van der Waals surface area contributed by atoms with Crippen LogP contribution in [0.25, 0.3) is 0 Å². The fourth-order valence-corrected chi connectivity index (χ4v) is 2.19. The van der Waals surface area contributed by atoms with Crippen molar-refractivity contribution >= 4 is 49.4 Å². The summed E-state index contributed by atoms with van der Waals surface area (Å²) >= 11 is 6.66. The van der Waals surface area contributed by atoms with Crippen molar-refractivity contribution < 1.29 is 14.7 Å². The Morgan fingerprint density at radius 3 is 2.61 bits per heavy atom. The van der Waals surface area contributed by atoms with E-state index in [4.69, 9.17) is 5.11 Å². The minimum atomic E-state index is -0.890. The fraction of sp³-hybridized carbons (Fsp3) is 0.333. The SMILES string of the molecule is CC(CC(=O)O)CC(=O)Nc1cc(Br)ccc1Br. The fourth-order valence-electron chi connectivity index (χ4n) is 1.48. The molecule has 0 bridgehead atoms. The van der Waals surface area contributed by atoms with E-state index >= 15 is 0 Å². The van der Waals surface area contributed by atoms with Crippen LogP contribution in [0.1, 0.15) is 19.8 Å². The maximum Gasteiger partial charge on any atom is 0.303 e. The number of hydrogen-bond donors (Lipinski definition) is 2. The van der Waals surface area contributed by atoms with Gasteiger partial charge in [-0.2, -0.15) is 0 Å². The van der Waals surface area contributed by atoms with Crippen molar-refractivity contribution in [3.8, 4) is 0 Å². The van der Waals surface area contributed by atoms with Crippen LogP contribution in [0.15, 0.2) is 27.1 Å². The molecule has 0 aliphatic heterocycles. The van der Waals surface area contributed by atoms with Crippen LogP contribution < -0.4 is 5.32 Å². The zero-order valence-corrected chi connectivity index (χ0v) is 12.9. The number of anilines is 1. The van der Waals surface area contributed by atoms with Crippen LogP contribution >= 0.6 is 31.9 Å². The minimum absolute atomic E-state index is 0.00687. The highest BCUT2D eigenvalue weighted by Gasteiger charge is 2.13. The van der Waals surface area contributed by atoms with E-state index in [9.17, 15) is 9.59 Å². The molecule has 18 heavy (non-hydrogen) atoms. The second-order valence-corrected chi connectivity index (χ2v) is 5.85. The summed E-state index contributed by atoms with van der Waals surface area (Å²) < 4.78 is 1.64. The molecule has 0 radical (unpaired) electrons. The lowest BCUT2D eigenvalue weighted by Gasteiger charge is -2.11. The van der Waals surface area contributed by atoms with E-state index in [1.165, 1.54) is 0 Å². The highest BCUT2D eigenvalue weighted by Crippen LogP contribution is 2.26. The summed E-state index contributed by atoms with van der Waals surface area (Å²) in [4.78, 5) is 22.2. The predicted molar refractivity (Wildman–Crippen MR) is 76.5 cm³/mol. The maximum atomic E-state index is 11.7. The molecule has 98 valence electrons. The van der Waals surface area contributed by atoms with E-state index in [0.717, 1.165) is 8.95 Å². The van der Waals surface area contributed by atoms with E-state index in [1.807, 2.05) is 12.1 Å². The van der Waals surface area contributed by atoms with Crippen LogP contribution in [-0.4, -0.2) is 17.0 Å². The number of carboxylic acids is 1. The summed E-state index contributed by atoms with van der Waals surface area (Å²) in [5.41, 5.74) is 0.664. The summed E-state index contributed by atoms with van der Waals surface area (Å²) in [7, 11) is 0. The molecule has 1 aromatic carbocycles. The summed E-state index contributed by atoms with van der Waals surface area (Å²) in [6.07, 6.45) is 0.179. The number of amides is 1. The predicted octanol–water partition coefficient (Wildman–Crippen LogP) is 3.65. The Morgan fingerprint density at radius 2 is 2.00 bits per heavy atom. The Kier molecular flexibility index (Phi) is 5.81. The molecular formula is C12H13Br2NO3. The van der Waals surface area contributed by atoms with Gasteiger partial charge in [-0.25, -0.2) is 0 Å². The Hall–Kier alpha value is -0.880. The van der Waals surface area contributed by atoms with Crippen LogP contribution in [0.3, 0.4) is 0 Å². The lowest BCUT2D eigenvalue weighted by molar-refractivity contribution is -0.138. The van der Waals surface area contributed by atoms with Crippen LogP contribution in [0, 0.1) is 5.92 Å². The molecular weight excluding hydrogens is 366 g/mol. The quantitative estimate of drug-likeness (QED) is 0.821. The van der Waals surface area contributed by atoms with E-state index in [2.05, 4.69) is 37.2 Å². The molecule has 0 spiro atoms. The number of hydrogen-bond acceptors (Lipinski definition) is 2. The molecule has 0 saturated heterocycles. The number of carbonyl (C=O) groups is 2. The molecule has 6 heteroatoms. The highest BCUT2D eigenvalue weighted by atomic mass is 79.9. The number of benzene rings is 1. The molecule has 0 fully saturated rings. The molecule has 0 aliphatic carbocycles. The van der Waals surface area contributed by atoms with Gasteiger partial charge in [-0.15, -0.1) is 0 Å². The van der Waals surface area contributed by atoms with E-state index < -0.39 is 5.97 Å². The molecule has 1 atom stereocenters. The highest BCUT2D eigenvalue weighted by molar-refractivity contribution is 9.11. The zero-order valence-electron chi connectivity index (χ0n) is 9.74. The second-order valence-electron chi connectivity index (χ2n) is 4.08. The van der Waals surface area contributed by atoms with Crippen molar-refractivity contribution in [1.82, 2.24) is 0 Å². The molecule has 1 amide bonds. The smallest absolute Gasteiger partial charge is 0.303 e. The van der Waals surface area contributed by atoms with Crippen molar-refractivity contribution in [2.45, 2.75) is 19.8 Å². The molecule has 0 aromatic heterocycles. The number of carbonyl (C=O) groups excluding carboxylic acids is 1. The van der Waals surface area contributed by atoms with Crippen molar-refractivity contribution in [1.29, 1.82) is 0 Å². The van der Waals surface area contributed by atoms with Gasteiger partial charge >= 0.3 is 5.97 Å². The van der Waals surface area contributed by atoms with Gasteiger partial charge in [0.25, 0.3) is 0 Å². The third-order valence-electron chi connectivity index (χ3n) is 2.26. The normalized spacial score (nSPS) is 11.9. The van der Waals surface area contributed by atoms with Crippen molar-refractivity contribution in [2.24, 2.45) is 5.92 Å². The van der Waals surface area contributed by atoms with Crippen LogP contribution in [0.2, 0.25) is 0 Å². The largest absolute Gasteiger partial charge is 0.481 e. The molecule has 1 rings (SSSR count). The minimum Gasteiger partial charge on any atom is -0.481 e. The first-order chi connectivity index (χ1) is 8.38. The first-order valence-corrected chi connectivity index (χ1v) is 6.93. The third kappa shape index (κ3) is 5.18. The van der Waals surface area contributed by atoms with Gasteiger partial charge in [0.2, 0.25) is 5.91 Å². The van der Waals surface area contributed by atoms with Crippen LogP contribution in [0.5, 0.6) is 0 Å². The molecule has 1 aromatic rings. The number of carboxylic acid groups (broad SMARTS) is 1. The average Bonchev–Trinajstić information content (AvgIpc) is 2.21. The summed E-state index contributed by atoms with van der Waals surface area (Å²) in [6, 6.07) is 5.46. The Morgan fingerprint density at radius 1 is 1.33 bits per heavy atom. The van der Waals surface area contributed by atoms with Crippen LogP contribution in [-0.2, 0) is 9.59 Å². The van der Waals surface area contributed by atoms with Gasteiger partial charge in [0.05, 0.1) is 5.69 Å². The monoisotopic (exact) mass is 377 g/mol. The molecule has 0 aliphatic rings. The van der Waals surface area contributed by atoms with Crippen LogP contribution in [0.4, 0.5) is 5.69 Å². The van der Waals surface area contributed by atoms with Gasteiger partial charge in [-0.05, 0) is 40.0 Å². The van der Waals surface area contributed by atoms with Gasteiger partial charge in [0.1, 0.15) is 0 Å². The van der Waals surface area contributed by atoms with E-state index in [1.54, 1.807) is 13.0 Å². The van der Waals surface area contributed by atoms with Crippen molar-refractivity contribution in [3.63, 3.8) is 0 Å². The standard InChI is InChI=1S/C12H13Br2NO3/c1-7(5-12(17)18)4-11(16)15-10-6-8(13)2-3-9(10)14/h2-3,6-7H,4-5H2,1H3,(H,15,16)(H,17,18). The number of aliphatic carboxylic acids is 1. The van der Waals surface area contributed by atoms with Crippen molar-refractivity contribution in [2.75, 3.05) is 5.32 Å². The van der Waals surface area contributed by atoms with E-state index in [-0.39, 0.29) is 24.7 Å². The Balaban J connectivity index is 2.59. The molecule has 1 unspecified atom stereocenters. The number of nitrogens with one attached hydrogen (secondary N) is 1. The topological polar surface area (TPSA) is 66.4 Å². The van der Waals surface area contributed by atoms with Crippen molar-refractivity contribution in [3.05, 3.63) is 27.1 Å². The molecule has 4 nitrogen and oxygen atoms in total. The zero-order chi connectivity index (χ0) is 13.7. The summed E-state index contributed by atoms with van der Waals surface area (Å²) in [5.74, 6) is -1.27. The number of rotatable bonds is 5. The first-order valence-electron chi connectivity index (χ1n) is 5.35.